The van der Waals surface area contributed by atoms with E-state index in [1.807, 2.05) is 6.92 Å². The maximum atomic E-state index is 12.6. The normalized spacial score (nSPS) is 11.4. The average molecular weight is 342 g/mol. The Kier molecular flexibility index (Phi) is 3.90. The van der Waals surface area contributed by atoms with Crippen molar-refractivity contribution in [1.29, 1.82) is 0 Å². The van der Waals surface area contributed by atoms with Crippen molar-refractivity contribution >= 4 is 15.7 Å². The van der Waals surface area contributed by atoms with Gasteiger partial charge >= 0.3 is 0 Å². The number of aromatic nitrogens is 3. The lowest BCUT2D eigenvalue weighted by molar-refractivity contribution is 0.0996. The number of sulfone groups is 1. The average Bonchev–Trinajstić information content (AvgIpc) is 3.05. The van der Waals surface area contributed by atoms with Gasteiger partial charge < -0.3 is 5.73 Å². The molecule has 0 aliphatic heterocycles. The van der Waals surface area contributed by atoms with Crippen LogP contribution in [0.15, 0.2) is 58.3 Å². The van der Waals surface area contributed by atoms with E-state index < -0.39 is 15.7 Å². The van der Waals surface area contributed by atoms with Gasteiger partial charge in [-0.15, -0.1) is 0 Å². The number of nitrogens with one attached hydrogen (secondary N) is 1. The van der Waals surface area contributed by atoms with Gasteiger partial charge in [-0.3, -0.25) is 4.79 Å². The summed E-state index contributed by atoms with van der Waals surface area (Å²) < 4.78 is 25.2. The van der Waals surface area contributed by atoms with Crippen LogP contribution in [-0.2, 0) is 9.84 Å². The predicted octanol–water partition coefficient (Wildman–Crippen LogP) is 1.71. The Morgan fingerprint density at radius 1 is 0.958 bits per heavy atom. The number of aryl methyl sites for hydroxylation is 1. The van der Waals surface area contributed by atoms with E-state index in [1.54, 1.807) is 36.4 Å². The number of nitrogens with two attached hydrogens (primary N) is 1. The largest absolute Gasteiger partial charge is 0.364 e. The third-order valence-electron chi connectivity index (χ3n) is 3.55. The van der Waals surface area contributed by atoms with E-state index in [-0.39, 0.29) is 21.2 Å². The minimum Gasteiger partial charge on any atom is -0.364 e. The number of primary amides is 1. The number of H-pyrrole nitrogens is 1. The smallest absolute Gasteiger partial charge is 0.271 e. The summed E-state index contributed by atoms with van der Waals surface area (Å²) in [4.78, 5) is 11.7. The molecule has 2 aromatic carbocycles. The second-order valence-electron chi connectivity index (χ2n) is 5.23. The minimum atomic E-state index is -3.60. The molecule has 8 heteroatoms. The second-order valence-corrected chi connectivity index (χ2v) is 7.18. The molecule has 1 aromatic heterocycles. The van der Waals surface area contributed by atoms with E-state index in [0.717, 1.165) is 5.56 Å². The molecule has 3 rings (SSSR count). The molecule has 0 saturated heterocycles. The van der Waals surface area contributed by atoms with Crippen LogP contribution in [0.5, 0.6) is 0 Å². The maximum absolute atomic E-state index is 12.6. The van der Waals surface area contributed by atoms with Crippen LogP contribution in [0.1, 0.15) is 16.1 Å². The SMILES string of the molecule is Cc1ccc(S(=O)(=O)c2ccc(-c3n[nH]nc3C(N)=O)cc2)cc1. The van der Waals surface area contributed by atoms with Crippen molar-refractivity contribution in [3.8, 4) is 11.3 Å². The molecule has 3 aromatic rings. The highest BCUT2D eigenvalue weighted by molar-refractivity contribution is 7.91. The highest BCUT2D eigenvalue weighted by Crippen LogP contribution is 2.25. The van der Waals surface area contributed by atoms with Crippen molar-refractivity contribution in [2.45, 2.75) is 16.7 Å². The molecule has 0 radical (unpaired) electrons. The van der Waals surface area contributed by atoms with Crippen molar-refractivity contribution in [3.63, 3.8) is 0 Å². The number of benzene rings is 2. The van der Waals surface area contributed by atoms with Crippen molar-refractivity contribution in [1.82, 2.24) is 15.4 Å². The first-order valence-electron chi connectivity index (χ1n) is 7.02. The molecule has 1 heterocycles. The van der Waals surface area contributed by atoms with Gasteiger partial charge in [-0.1, -0.05) is 29.8 Å². The maximum Gasteiger partial charge on any atom is 0.271 e. The minimum absolute atomic E-state index is 0.00383. The summed E-state index contributed by atoms with van der Waals surface area (Å²) in [5, 5.41) is 9.91. The number of hydrogen-bond donors (Lipinski definition) is 2. The summed E-state index contributed by atoms with van der Waals surface area (Å²) in [6, 6.07) is 12.7. The van der Waals surface area contributed by atoms with Crippen LogP contribution >= 0.6 is 0 Å². The highest BCUT2D eigenvalue weighted by atomic mass is 32.2. The lowest BCUT2D eigenvalue weighted by atomic mass is 10.1. The number of amides is 1. The predicted molar refractivity (Wildman–Crippen MR) is 87.0 cm³/mol. The molecule has 7 nitrogen and oxygen atoms in total. The van der Waals surface area contributed by atoms with Crippen LogP contribution < -0.4 is 5.73 Å². The van der Waals surface area contributed by atoms with E-state index in [1.165, 1.54) is 12.1 Å². The van der Waals surface area contributed by atoms with E-state index in [0.29, 0.717) is 5.56 Å². The molecular weight excluding hydrogens is 328 g/mol. The lowest BCUT2D eigenvalue weighted by Crippen LogP contribution is -2.12. The van der Waals surface area contributed by atoms with Gasteiger partial charge in [0.25, 0.3) is 5.91 Å². The number of hydrogen-bond acceptors (Lipinski definition) is 5. The summed E-state index contributed by atoms with van der Waals surface area (Å²) in [5.74, 6) is -0.713. The molecule has 0 bridgehead atoms. The molecule has 0 aliphatic carbocycles. The van der Waals surface area contributed by atoms with E-state index in [9.17, 15) is 13.2 Å². The molecular formula is C16H14N4O3S. The Hall–Kier alpha value is -3.00. The fourth-order valence-corrected chi connectivity index (χ4v) is 3.51. The number of carbonyl (C=O) groups excluding carboxylic acids is 1. The third kappa shape index (κ3) is 2.79. The van der Waals surface area contributed by atoms with Crippen LogP contribution in [0, 0.1) is 6.92 Å². The zero-order valence-corrected chi connectivity index (χ0v) is 13.5. The van der Waals surface area contributed by atoms with Crippen LogP contribution in [0.3, 0.4) is 0 Å². The Morgan fingerprint density at radius 2 is 1.50 bits per heavy atom. The molecule has 24 heavy (non-hydrogen) atoms. The van der Waals surface area contributed by atoms with Gasteiger partial charge in [0, 0.05) is 5.56 Å². The van der Waals surface area contributed by atoms with E-state index >= 15 is 0 Å². The van der Waals surface area contributed by atoms with Crippen LogP contribution in [0.4, 0.5) is 0 Å². The summed E-state index contributed by atoms with van der Waals surface area (Å²) in [5.41, 5.74) is 7.03. The monoisotopic (exact) mass is 342 g/mol. The van der Waals surface area contributed by atoms with E-state index in [2.05, 4.69) is 15.4 Å². The third-order valence-corrected chi connectivity index (χ3v) is 5.34. The summed E-state index contributed by atoms with van der Waals surface area (Å²) in [7, 11) is -3.60. The van der Waals surface area contributed by atoms with Gasteiger partial charge in [-0.2, -0.15) is 15.4 Å². The summed E-state index contributed by atoms with van der Waals surface area (Å²) in [6.07, 6.45) is 0. The Bertz CT molecular complexity index is 991. The van der Waals surface area contributed by atoms with E-state index in [4.69, 9.17) is 5.73 Å². The Labute approximate surface area is 138 Å². The summed E-state index contributed by atoms with van der Waals surface area (Å²) >= 11 is 0. The van der Waals surface area contributed by atoms with Crippen molar-refractivity contribution < 1.29 is 13.2 Å². The first kappa shape index (κ1) is 15.9. The molecule has 0 atom stereocenters. The Morgan fingerprint density at radius 3 is 2.04 bits per heavy atom. The highest BCUT2D eigenvalue weighted by Gasteiger charge is 2.19. The molecule has 0 aliphatic rings. The van der Waals surface area contributed by atoms with Gasteiger partial charge in [0.1, 0.15) is 5.69 Å². The van der Waals surface area contributed by atoms with Crippen LogP contribution in [0.2, 0.25) is 0 Å². The molecule has 0 spiro atoms. The standard InChI is InChI=1S/C16H14N4O3S/c1-10-2-6-12(7-3-10)24(22,23)13-8-4-11(5-9-13)14-15(16(17)21)19-20-18-14/h2-9H,1H3,(H2,17,21)(H,18,19,20). The molecule has 0 fully saturated rings. The number of aromatic amines is 1. The quantitative estimate of drug-likeness (QED) is 0.748. The molecule has 1 amide bonds. The zero-order chi connectivity index (χ0) is 17.3. The van der Waals surface area contributed by atoms with Crippen LogP contribution in [0.25, 0.3) is 11.3 Å². The van der Waals surface area contributed by atoms with Crippen molar-refractivity contribution in [2.24, 2.45) is 5.73 Å². The first-order valence-corrected chi connectivity index (χ1v) is 8.50. The number of carbonyl (C=O) groups is 1. The van der Waals surface area contributed by atoms with Crippen molar-refractivity contribution in [2.75, 3.05) is 0 Å². The second kappa shape index (κ2) is 5.89. The fraction of sp³-hybridized carbons (Fsp3) is 0.0625. The number of nitrogens with zero attached hydrogens (tertiary/aromatic N) is 2. The van der Waals surface area contributed by atoms with Crippen molar-refractivity contribution in [3.05, 3.63) is 59.8 Å². The van der Waals surface area contributed by atoms with Gasteiger partial charge in [-0.25, -0.2) is 8.42 Å². The molecule has 0 saturated carbocycles. The molecule has 122 valence electrons. The Balaban J connectivity index is 1.99. The first-order chi connectivity index (χ1) is 11.4. The van der Waals surface area contributed by atoms with Gasteiger partial charge in [0.05, 0.1) is 9.79 Å². The summed E-state index contributed by atoms with van der Waals surface area (Å²) in [6.45, 7) is 1.89. The topological polar surface area (TPSA) is 119 Å². The fourth-order valence-electron chi connectivity index (χ4n) is 2.25. The van der Waals surface area contributed by atoms with Crippen LogP contribution in [-0.4, -0.2) is 29.7 Å². The molecule has 0 unspecified atom stereocenters. The van der Waals surface area contributed by atoms with Gasteiger partial charge in [-0.05, 0) is 31.2 Å². The van der Waals surface area contributed by atoms with Gasteiger partial charge in [0.2, 0.25) is 9.84 Å². The lowest BCUT2D eigenvalue weighted by Gasteiger charge is -2.06. The number of rotatable bonds is 4. The molecule has 3 N–H and O–H groups in total. The van der Waals surface area contributed by atoms with Gasteiger partial charge in [0.15, 0.2) is 5.69 Å². The zero-order valence-electron chi connectivity index (χ0n) is 12.7.